The molecule has 0 bridgehead atoms. The number of fused-ring (bicyclic) bond motifs is 1. The van der Waals surface area contributed by atoms with E-state index in [2.05, 4.69) is 13.8 Å². The van der Waals surface area contributed by atoms with Gasteiger partial charge in [-0.2, -0.15) is 0 Å². The number of carbonyl (C=O) groups excluding carboxylic acids is 1. The van der Waals surface area contributed by atoms with Crippen LogP contribution in [0.2, 0.25) is 0 Å². The molecule has 0 radical (unpaired) electrons. The molecule has 0 amide bonds. The summed E-state index contributed by atoms with van der Waals surface area (Å²) in [6.45, 7) is 4.55. The van der Waals surface area contributed by atoms with E-state index in [0.29, 0.717) is 36.7 Å². The highest BCUT2D eigenvalue weighted by atomic mass is 16.5. The van der Waals surface area contributed by atoms with Crippen molar-refractivity contribution >= 4 is 11.8 Å². The second-order valence-corrected chi connectivity index (χ2v) is 8.08. The molecule has 2 aliphatic rings. The topological polar surface area (TPSA) is 83.8 Å². The van der Waals surface area contributed by atoms with Crippen LogP contribution in [-0.4, -0.2) is 41.3 Å². The van der Waals surface area contributed by atoms with E-state index >= 15 is 0 Å². The maximum absolute atomic E-state index is 12.6. The Bertz CT molecular complexity index is 433. The minimum Gasteiger partial charge on any atom is -0.480 e. The van der Waals surface area contributed by atoms with Crippen molar-refractivity contribution in [1.82, 2.24) is 0 Å². The number of carbonyl (C=O) groups is 2. The summed E-state index contributed by atoms with van der Waals surface area (Å²) >= 11 is 0. The fraction of sp³-hybridized carbons (Fsp3) is 0.895. The predicted molar refractivity (Wildman–Crippen MR) is 90.6 cm³/mol. The molecule has 24 heavy (non-hydrogen) atoms. The maximum atomic E-state index is 12.6. The third kappa shape index (κ3) is 5.28. The number of ether oxygens (including phenoxy) is 1. The molecule has 138 valence electrons. The lowest BCUT2D eigenvalue weighted by Crippen LogP contribution is -2.28. The minimum absolute atomic E-state index is 0.174. The van der Waals surface area contributed by atoms with Crippen molar-refractivity contribution in [1.29, 1.82) is 0 Å². The van der Waals surface area contributed by atoms with Gasteiger partial charge in [0.05, 0.1) is 6.10 Å². The van der Waals surface area contributed by atoms with E-state index in [0.717, 1.165) is 38.5 Å². The van der Waals surface area contributed by atoms with Crippen molar-refractivity contribution in [2.45, 2.75) is 64.9 Å². The molecule has 0 heterocycles. The van der Waals surface area contributed by atoms with Crippen LogP contribution < -0.4 is 0 Å². The summed E-state index contributed by atoms with van der Waals surface area (Å²) in [5.41, 5.74) is 0. The van der Waals surface area contributed by atoms with Crippen LogP contribution in [0.1, 0.15) is 58.8 Å². The van der Waals surface area contributed by atoms with Gasteiger partial charge in [0.15, 0.2) is 0 Å². The maximum Gasteiger partial charge on any atom is 0.329 e. The summed E-state index contributed by atoms with van der Waals surface area (Å²) in [7, 11) is 0. The SMILES string of the molecule is CC(C)CCCC(=O)[C@@H]1[C@@H]2C[C@H](CCOCC(=O)O)C[C@@H]2C[C@H]1O. The van der Waals surface area contributed by atoms with Gasteiger partial charge < -0.3 is 14.9 Å². The molecule has 2 rings (SSSR count). The van der Waals surface area contributed by atoms with Gasteiger partial charge in [-0.3, -0.25) is 4.79 Å². The second kappa shape index (κ2) is 8.95. The van der Waals surface area contributed by atoms with Crippen LogP contribution in [0.3, 0.4) is 0 Å². The van der Waals surface area contributed by atoms with Gasteiger partial charge in [-0.1, -0.05) is 20.3 Å². The number of carboxylic acid groups (broad SMARTS) is 1. The minimum atomic E-state index is -0.937. The van der Waals surface area contributed by atoms with Crippen molar-refractivity contribution in [3.8, 4) is 0 Å². The zero-order valence-electron chi connectivity index (χ0n) is 14.9. The zero-order valence-corrected chi connectivity index (χ0v) is 14.9. The highest BCUT2D eigenvalue weighted by molar-refractivity contribution is 5.82. The third-order valence-electron chi connectivity index (χ3n) is 5.74. The molecular weight excluding hydrogens is 308 g/mol. The molecule has 5 nitrogen and oxygen atoms in total. The Hall–Kier alpha value is -0.940. The van der Waals surface area contributed by atoms with Gasteiger partial charge >= 0.3 is 5.97 Å². The molecule has 2 fully saturated rings. The number of aliphatic carboxylic acids is 1. The van der Waals surface area contributed by atoms with E-state index in [1.807, 2.05) is 0 Å². The van der Waals surface area contributed by atoms with Crippen LogP contribution in [-0.2, 0) is 14.3 Å². The van der Waals surface area contributed by atoms with E-state index in [4.69, 9.17) is 9.84 Å². The normalized spacial score (nSPS) is 32.2. The quantitative estimate of drug-likeness (QED) is 0.597. The first kappa shape index (κ1) is 19.4. The van der Waals surface area contributed by atoms with Gasteiger partial charge in [-0.25, -0.2) is 4.79 Å². The lowest BCUT2D eigenvalue weighted by atomic mass is 9.85. The molecule has 0 unspecified atom stereocenters. The first-order chi connectivity index (χ1) is 11.4. The Labute approximate surface area is 144 Å². The Kier molecular flexibility index (Phi) is 7.23. The summed E-state index contributed by atoms with van der Waals surface area (Å²) in [5.74, 6) is 1.01. The summed E-state index contributed by atoms with van der Waals surface area (Å²) < 4.78 is 5.13. The molecule has 5 atom stereocenters. The Morgan fingerprint density at radius 1 is 1.21 bits per heavy atom. The average Bonchev–Trinajstić information content (AvgIpc) is 2.98. The van der Waals surface area contributed by atoms with Crippen LogP contribution >= 0.6 is 0 Å². The highest BCUT2D eigenvalue weighted by Crippen LogP contribution is 2.51. The molecule has 0 spiro atoms. The van der Waals surface area contributed by atoms with Crippen LogP contribution in [0.25, 0.3) is 0 Å². The number of rotatable bonds is 10. The fourth-order valence-electron chi connectivity index (χ4n) is 4.68. The van der Waals surface area contributed by atoms with Crippen LogP contribution in [0, 0.1) is 29.6 Å². The molecule has 2 saturated carbocycles. The average molecular weight is 340 g/mol. The molecule has 5 heteroatoms. The molecule has 0 saturated heterocycles. The van der Waals surface area contributed by atoms with E-state index in [9.17, 15) is 14.7 Å². The first-order valence-electron chi connectivity index (χ1n) is 9.38. The smallest absolute Gasteiger partial charge is 0.329 e. The zero-order chi connectivity index (χ0) is 17.7. The molecule has 0 aliphatic heterocycles. The molecular formula is C19H32O5. The molecule has 0 aromatic carbocycles. The van der Waals surface area contributed by atoms with Gasteiger partial charge in [0, 0.05) is 18.9 Å². The van der Waals surface area contributed by atoms with Crippen LogP contribution in [0.15, 0.2) is 0 Å². The summed E-state index contributed by atoms with van der Waals surface area (Å²) in [6, 6.07) is 0. The third-order valence-corrected chi connectivity index (χ3v) is 5.74. The van der Waals surface area contributed by atoms with Crippen LogP contribution in [0.5, 0.6) is 0 Å². The number of aliphatic hydroxyl groups excluding tert-OH is 1. The number of hydrogen-bond acceptors (Lipinski definition) is 4. The Morgan fingerprint density at radius 3 is 2.62 bits per heavy atom. The van der Waals surface area contributed by atoms with Gasteiger partial charge in [-0.05, 0) is 55.8 Å². The second-order valence-electron chi connectivity index (χ2n) is 8.08. The highest BCUT2D eigenvalue weighted by Gasteiger charge is 2.50. The van der Waals surface area contributed by atoms with Gasteiger partial charge in [0.1, 0.15) is 12.4 Å². The van der Waals surface area contributed by atoms with E-state index in [-0.39, 0.29) is 18.3 Å². The summed E-state index contributed by atoms with van der Waals surface area (Å²) in [6.07, 6.45) is 5.72. The van der Waals surface area contributed by atoms with Gasteiger partial charge in [0.25, 0.3) is 0 Å². The van der Waals surface area contributed by atoms with Crippen molar-refractivity contribution in [2.24, 2.45) is 29.6 Å². The van der Waals surface area contributed by atoms with Crippen molar-refractivity contribution < 1.29 is 24.5 Å². The molecule has 2 aliphatic carbocycles. The molecule has 0 aromatic heterocycles. The van der Waals surface area contributed by atoms with Crippen molar-refractivity contribution in [3.63, 3.8) is 0 Å². The number of aliphatic hydroxyl groups is 1. The lowest BCUT2D eigenvalue weighted by Gasteiger charge is -2.21. The monoisotopic (exact) mass is 340 g/mol. The summed E-state index contributed by atoms with van der Waals surface area (Å²) in [5, 5.41) is 18.9. The van der Waals surface area contributed by atoms with Gasteiger partial charge in [-0.15, -0.1) is 0 Å². The standard InChI is InChI=1S/C19H32O5/c1-12(2)4-3-5-16(20)19-15-9-13(6-7-24-11-18(22)23)8-14(15)10-17(19)21/h12-15,17,19,21H,3-11H2,1-2H3,(H,22,23)/t13-,14-,15-,17-,19+/m1/s1. The van der Waals surface area contributed by atoms with Gasteiger partial charge in [0.2, 0.25) is 0 Å². The molecule has 0 aromatic rings. The van der Waals surface area contributed by atoms with E-state index < -0.39 is 12.1 Å². The fourth-order valence-corrected chi connectivity index (χ4v) is 4.68. The van der Waals surface area contributed by atoms with Crippen molar-refractivity contribution in [3.05, 3.63) is 0 Å². The summed E-state index contributed by atoms with van der Waals surface area (Å²) in [4.78, 5) is 23.0. The Morgan fingerprint density at radius 2 is 1.96 bits per heavy atom. The number of hydrogen-bond donors (Lipinski definition) is 2. The van der Waals surface area contributed by atoms with E-state index in [1.54, 1.807) is 0 Å². The number of carboxylic acids is 1. The largest absolute Gasteiger partial charge is 0.480 e. The number of ketones is 1. The lowest BCUT2D eigenvalue weighted by molar-refractivity contribution is -0.142. The predicted octanol–water partition coefficient (Wildman–Crippen LogP) is 2.90. The molecule has 2 N–H and O–H groups in total. The Balaban J connectivity index is 1.78. The van der Waals surface area contributed by atoms with Crippen molar-refractivity contribution in [2.75, 3.05) is 13.2 Å². The van der Waals surface area contributed by atoms with E-state index in [1.165, 1.54) is 0 Å². The number of Topliss-reactive ketones (excluding diaryl/α,β-unsaturated/α-hetero) is 1. The first-order valence-corrected chi connectivity index (χ1v) is 9.38. The van der Waals surface area contributed by atoms with Crippen LogP contribution in [0.4, 0.5) is 0 Å².